The van der Waals surface area contributed by atoms with Crippen molar-refractivity contribution in [3.8, 4) is 0 Å². The van der Waals surface area contributed by atoms with Crippen LogP contribution in [0.3, 0.4) is 0 Å². The van der Waals surface area contributed by atoms with Crippen LogP contribution in [0.15, 0.2) is 71.6 Å². The van der Waals surface area contributed by atoms with Gasteiger partial charge in [-0.3, -0.25) is 0 Å². The third-order valence-corrected chi connectivity index (χ3v) is 6.07. The third kappa shape index (κ3) is 3.59. The van der Waals surface area contributed by atoms with E-state index in [9.17, 15) is 8.42 Å². The SMILES string of the molecule is CCC(NS(=O)(=O)c1cccc2c(N(C)C)cccc12)c1ccccc1. The van der Waals surface area contributed by atoms with Crippen LogP contribution in [-0.2, 0) is 10.0 Å². The second-order valence-electron chi connectivity index (χ2n) is 6.52. The number of hydrogen-bond donors (Lipinski definition) is 1. The van der Waals surface area contributed by atoms with Gasteiger partial charge in [-0.1, -0.05) is 61.5 Å². The second-order valence-corrected chi connectivity index (χ2v) is 8.20. The second kappa shape index (κ2) is 7.48. The molecule has 0 saturated carbocycles. The van der Waals surface area contributed by atoms with E-state index < -0.39 is 10.0 Å². The van der Waals surface area contributed by atoms with Crippen LogP contribution in [0.2, 0.25) is 0 Å². The van der Waals surface area contributed by atoms with Gasteiger partial charge in [0, 0.05) is 36.6 Å². The number of anilines is 1. The van der Waals surface area contributed by atoms with Crippen molar-refractivity contribution in [1.82, 2.24) is 4.72 Å². The number of hydrogen-bond acceptors (Lipinski definition) is 3. The minimum absolute atomic E-state index is 0.256. The number of sulfonamides is 1. The van der Waals surface area contributed by atoms with Crippen LogP contribution in [0, 0.1) is 0 Å². The fourth-order valence-electron chi connectivity index (χ4n) is 3.21. The first-order valence-electron chi connectivity index (χ1n) is 8.70. The summed E-state index contributed by atoms with van der Waals surface area (Å²) in [5, 5.41) is 1.65. The van der Waals surface area contributed by atoms with Crippen molar-refractivity contribution in [3.05, 3.63) is 72.3 Å². The Morgan fingerprint density at radius 3 is 2.19 bits per heavy atom. The van der Waals surface area contributed by atoms with Gasteiger partial charge in [0.2, 0.25) is 10.0 Å². The quantitative estimate of drug-likeness (QED) is 0.704. The van der Waals surface area contributed by atoms with E-state index in [1.807, 2.05) is 80.5 Å². The van der Waals surface area contributed by atoms with Crippen LogP contribution in [0.1, 0.15) is 24.9 Å². The maximum Gasteiger partial charge on any atom is 0.241 e. The predicted octanol–water partition coefficient (Wildman–Crippen LogP) is 4.34. The third-order valence-electron chi connectivity index (χ3n) is 4.54. The van der Waals surface area contributed by atoms with Crippen molar-refractivity contribution < 1.29 is 8.42 Å². The lowest BCUT2D eigenvalue weighted by atomic mass is 10.1. The lowest BCUT2D eigenvalue weighted by Gasteiger charge is -2.20. The molecule has 3 aromatic rings. The summed E-state index contributed by atoms with van der Waals surface area (Å²) in [6, 6.07) is 20.6. The summed E-state index contributed by atoms with van der Waals surface area (Å²) in [6.45, 7) is 1.98. The molecule has 136 valence electrons. The highest BCUT2D eigenvalue weighted by Gasteiger charge is 2.22. The number of rotatable bonds is 6. The summed E-state index contributed by atoms with van der Waals surface area (Å²) in [4.78, 5) is 2.30. The molecule has 3 rings (SSSR count). The molecule has 0 fully saturated rings. The molecule has 5 heteroatoms. The van der Waals surface area contributed by atoms with Crippen LogP contribution in [-0.4, -0.2) is 22.5 Å². The highest BCUT2D eigenvalue weighted by atomic mass is 32.2. The summed E-state index contributed by atoms with van der Waals surface area (Å²) in [5.41, 5.74) is 1.96. The Kier molecular flexibility index (Phi) is 5.30. The highest BCUT2D eigenvalue weighted by Crippen LogP contribution is 2.31. The van der Waals surface area contributed by atoms with Crippen molar-refractivity contribution in [3.63, 3.8) is 0 Å². The molecule has 0 spiro atoms. The van der Waals surface area contributed by atoms with Gasteiger partial charge in [-0.15, -0.1) is 0 Å². The molecule has 0 aliphatic rings. The van der Waals surface area contributed by atoms with Crippen LogP contribution < -0.4 is 9.62 Å². The van der Waals surface area contributed by atoms with Crippen molar-refractivity contribution in [1.29, 1.82) is 0 Å². The van der Waals surface area contributed by atoms with Gasteiger partial charge in [-0.05, 0) is 24.1 Å². The lowest BCUT2D eigenvalue weighted by molar-refractivity contribution is 0.551. The van der Waals surface area contributed by atoms with Gasteiger partial charge < -0.3 is 4.90 Å². The first-order valence-corrected chi connectivity index (χ1v) is 10.2. The first kappa shape index (κ1) is 18.4. The molecule has 0 amide bonds. The topological polar surface area (TPSA) is 49.4 Å². The maximum atomic E-state index is 13.1. The molecule has 0 bridgehead atoms. The summed E-state index contributed by atoms with van der Waals surface area (Å²) in [6.07, 6.45) is 0.678. The van der Waals surface area contributed by atoms with Gasteiger partial charge in [0.05, 0.1) is 4.90 Å². The standard InChI is InChI=1S/C21H24N2O2S/c1-4-19(16-10-6-5-7-11-16)22-26(24,25)21-15-9-12-17-18(21)13-8-14-20(17)23(2)3/h5-15,19,22H,4H2,1-3H3. The van der Waals surface area contributed by atoms with Gasteiger partial charge in [-0.2, -0.15) is 0 Å². The largest absolute Gasteiger partial charge is 0.377 e. The molecule has 0 heterocycles. The Balaban J connectivity index is 2.06. The van der Waals surface area contributed by atoms with E-state index in [0.717, 1.165) is 22.0 Å². The van der Waals surface area contributed by atoms with Gasteiger partial charge in [-0.25, -0.2) is 13.1 Å². The Morgan fingerprint density at radius 2 is 1.54 bits per heavy atom. The normalized spacial score (nSPS) is 12.9. The van der Waals surface area contributed by atoms with Crippen molar-refractivity contribution >= 4 is 26.5 Å². The van der Waals surface area contributed by atoms with E-state index in [2.05, 4.69) is 4.72 Å². The zero-order valence-electron chi connectivity index (χ0n) is 15.3. The van der Waals surface area contributed by atoms with Crippen LogP contribution in [0.25, 0.3) is 10.8 Å². The summed E-state index contributed by atoms with van der Waals surface area (Å²) in [7, 11) is 0.253. The Bertz CT molecular complexity index is 999. The Labute approximate surface area is 155 Å². The number of benzene rings is 3. The molecule has 4 nitrogen and oxygen atoms in total. The minimum Gasteiger partial charge on any atom is -0.377 e. The van der Waals surface area contributed by atoms with E-state index >= 15 is 0 Å². The Hall–Kier alpha value is -2.37. The molecule has 1 unspecified atom stereocenters. The zero-order chi connectivity index (χ0) is 18.7. The van der Waals surface area contributed by atoms with Gasteiger partial charge >= 0.3 is 0 Å². The molecule has 0 aliphatic carbocycles. The van der Waals surface area contributed by atoms with Crippen molar-refractivity contribution in [2.75, 3.05) is 19.0 Å². The lowest BCUT2D eigenvalue weighted by Crippen LogP contribution is -2.28. The molecule has 3 aromatic carbocycles. The molecule has 0 saturated heterocycles. The summed E-state index contributed by atoms with van der Waals surface area (Å²) < 4.78 is 29.2. The van der Waals surface area contributed by atoms with Gasteiger partial charge in [0.1, 0.15) is 0 Å². The predicted molar refractivity (Wildman–Crippen MR) is 108 cm³/mol. The number of nitrogens with zero attached hydrogens (tertiary/aromatic N) is 1. The monoisotopic (exact) mass is 368 g/mol. The van der Waals surface area contributed by atoms with Crippen molar-refractivity contribution in [2.24, 2.45) is 0 Å². The molecule has 26 heavy (non-hydrogen) atoms. The zero-order valence-corrected chi connectivity index (χ0v) is 16.1. The van der Waals surface area contributed by atoms with E-state index in [0.29, 0.717) is 11.3 Å². The van der Waals surface area contributed by atoms with E-state index in [4.69, 9.17) is 0 Å². The molecule has 0 radical (unpaired) electrons. The average molecular weight is 369 g/mol. The van der Waals surface area contributed by atoms with E-state index in [1.54, 1.807) is 12.1 Å². The van der Waals surface area contributed by atoms with Crippen molar-refractivity contribution in [2.45, 2.75) is 24.3 Å². The summed E-state index contributed by atoms with van der Waals surface area (Å²) >= 11 is 0. The fourth-order valence-corrected chi connectivity index (χ4v) is 4.74. The van der Waals surface area contributed by atoms with Gasteiger partial charge in [0.25, 0.3) is 0 Å². The molecule has 1 N–H and O–H groups in total. The molecular weight excluding hydrogens is 344 g/mol. The Morgan fingerprint density at radius 1 is 0.885 bits per heavy atom. The van der Waals surface area contributed by atoms with E-state index in [-0.39, 0.29) is 6.04 Å². The first-order chi connectivity index (χ1) is 12.4. The highest BCUT2D eigenvalue weighted by molar-refractivity contribution is 7.89. The molecule has 0 aliphatic heterocycles. The van der Waals surface area contributed by atoms with Crippen LogP contribution >= 0.6 is 0 Å². The molecule has 0 aromatic heterocycles. The van der Waals surface area contributed by atoms with E-state index in [1.165, 1.54) is 0 Å². The van der Waals surface area contributed by atoms with Crippen LogP contribution in [0.5, 0.6) is 0 Å². The average Bonchev–Trinajstić information content (AvgIpc) is 2.65. The number of fused-ring (bicyclic) bond motifs is 1. The van der Waals surface area contributed by atoms with Crippen LogP contribution in [0.4, 0.5) is 5.69 Å². The number of nitrogens with one attached hydrogen (secondary N) is 1. The maximum absolute atomic E-state index is 13.1. The fraction of sp³-hybridized carbons (Fsp3) is 0.238. The smallest absolute Gasteiger partial charge is 0.241 e. The molecular formula is C21H24N2O2S. The molecule has 1 atom stereocenters. The van der Waals surface area contributed by atoms with Gasteiger partial charge in [0.15, 0.2) is 0 Å². The summed E-state index contributed by atoms with van der Waals surface area (Å²) in [5.74, 6) is 0. The minimum atomic E-state index is -3.66.